The van der Waals surface area contributed by atoms with Crippen molar-refractivity contribution >= 4 is 21.7 Å². The predicted octanol–water partition coefficient (Wildman–Crippen LogP) is 3.90. The lowest BCUT2D eigenvalue weighted by Gasteiger charge is -2.18. The SMILES string of the molecule is CCCCC[C@H](O)/C=C/[C@@H]1C(CCCCCCC(=O)NS(=O)(=O)c2ccccc2)C(=O)C[C@H]1O. The summed E-state index contributed by atoms with van der Waals surface area (Å²) in [6.07, 6.45) is 9.93. The summed E-state index contributed by atoms with van der Waals surface area (Å²) >= 11 is 0. The Morgan fingerprint density at radius 2 is 1.82 bits per heavy atom. The number of Topliss-reactive ketones (excluding diaryl/α,β-unsaturated/α-hetero) is 1. The van der Waals surface area contributed by atoms with E-state index in [0.29, 0.717) is 19.3 Å². The number of nitrogens with one attached hydrogen (secondary N) is 1. The number of hydrogen-bond donors (Lipinski definition) is 3. The van der Waals surface area contributed by atoms with Crippen LogP contribution in [-0.4, -0.2) is 42.5 Å². The molecule has 34 heavy (non-hydrogen) atoms. The summed E-state index contributed by atoms with van der Waals surface area (Å²) in [6, 6.07) is 7.78. The lowest BCUT2D eigenvalue weighted by Crippen LogP contribution is -2.30. The predicted molar refractivity (Wildman–Crippen MR) is 131 cm³/mol. The molecule has 1 amide bonds. The second kappa shape index (κ2) is 14.4. The molecule has 1 aromatic rings. The van der Waals surface area contributed by atoms with Gasteiger partial charge in [0, 0.05) is 24.7 Å². The number of aliphatic hydroxyl groups is 2. The van der Waals surface area contributed by atoms with Crippen molar-refractivity contribution in [3.8, 4) is 0 Å². The minimum absolute atomic E-state index is 0.0591. The Morgan fingerprint density at radius 1 is 1.12 bits per heavy atom. The zero-order valence-electron chi connectivity index (χ0n) is 20.1. The molecule has 0 aliphatic heterocycles. The van der Waals surface area contributed by atoms with Crippen LogP contribution in [0.25, 0.3) is 0 Å². The van der Waals surface area contributed by atoms with E-state index in [2.05, 4.69) is 11.6 Å². The van der Waals surface area contributed by atoms with Crippen molar-refractivity contribution in [1.29, 1.82) is 0 Å². The fourth-order valence-corrected chi connectivity index (χ4v) is 5.45. The van der Waals surface area contributed by atoms with Crippen LogP contribution in [-0.2, 0) is 19.6 Å². The highest BCUT2D eigenvalue weighted by atomic mass is 32.2. The summed E-state index contributed by atoms with van der Waals surface area (Å²) in [5.41, 5.74) is 0. The first-order chi connectivity index (χ1) is 16.2. The number of benzene rings is 1. The fourth-order valence-electron chi connectivity index (χ4n) is 4.41. The lowest BCUT2D eigenvalue weighted by atomic mass is 9.88. The van der Waals surface area contributed by atoms with E-state index in [1.54, 1.807) is 24.3 Å². The Bertz CT molecular complexity index is 899. The van der Waals surface area contributed by atoms with Crippen LogP contribution >= 0.6 is 0 Å². The monoisotopic (exact) mass is 493 g/mol. The second-order valence-corrected chi connectivity index (χ2v) is 10.8. The Kier molecular flexibility index (Phi) is 11.9. The Morgan fingerprint density at radius 3 is 2.53 bits per heavy atom. The normalized spacial score (nSPS) is 21.7. The van der Waals surface area contributed by atoms with Crippen LogP contribution in [0.2, 0.25) is 0 Å². The van der Waals surface area contributed by atoms with Crippen molar-refractivity contribution in [2.45, 2.75) is 94.7 Å². The van der Waals surface area contributed by atoms with Gasteiger partial charge in [-0.3, -0.25) is 9.59 Å². The van der Waals surface area contributed by atoms with Gasteiger partial charge >= 0.3 is 0 Å². The van der Waals surface area contributed by atoms with Gasteiger partial charge in [0.15, 0.2) is 0 Å². The summed E-state index contributed by atoms with van der Waals surface area (Å²) in [6.45, 7) is 2.11. The molecule has 4 atom stereocenters. The number of ketones is 1. The third-order valence-corrected chi connectivity index (χ3v) is 7.75. The maximum Gasteiger partial charge on any atom is 0.264 e. The smallest absolute Gasteiger partial charge is 0.264 e. The van der Waals surface area contributed by atoms with Gasteiger partial charge < -0.3 is 10.2 Å². The number of amides is 1. The van der Waals surface area contributed by atoms with Gasteiger partial charge in [-0.15, -0.1) is 0 Å². The van der Waals surface area contributed by atoms with Crippen molar-refractivity contribution in [3.05, 3.63) is 42.5 Å². The molecule has 0 bridgehead atoms. The van der Waals surface area contributed by atoms with E-state index in [4.69, 9.17) is 0 Å². The molecule has 3 N–H and O–H groups in total. The third-order valence-electron chi connectivity index (χ3n) is 6.36. The molecule has 8 heteroatoms. The summed E-state index contributed by atoms with van der Waals surface area (Å²) < 4.78 is 26.4. The molecule has 0 spiro atoms. The van der Waals surface area contributed by atoms with Crippen LogP contribution in [0.1, 0.15) is 77.6 Å². The molecule has 0 radical (unpaired) electrons. The minimum atomic E-state index is -3.84. The Hall–Kier alpha value is -2.03. The summed E-state index contributed by atoms with van der Waals surface area (Å²) in [7, 11) is -3.84. The van der Waals surface area contributed by atoms with Gasteiger partial charge in [0.05, 0.1) is 17.1 Å². The minimum Gasteiger partial charge on any atom is -0.392 e. The first kappa shape index (κ1) is 28.2. The van der Waals surface area contributed by atoms with Gasteiger partial charge in [0.2, 0.25) is 5.91 Å². The quantitative estimate of drug-likeness (QED) is 0.252. The maximum absolute atomic E-state index is 12.3. The van der Waals surface area contributed by atoms with Gasteiger partial charge in [-0.25, -0.2) is 13.1 Å². The molecule has 1 fully saturated rings. The van der Waals surface area contributed by atoms with Gasteiger partial charge in [0.1, 0.15) is 5.78 Å². The summed E-state index contributed by atoms with van der Waals surface area (Å²) in [5, 5.41) is 20.4. The fraction of sp³-hybridized carbons (Fsp3) is 0.615. The highest BCUT2D eigenvalue weighted by molar-refractivity contribution is 7.90. The molecule has 1 aliphatic rings. The van der Waals surface area contributed by atoms with Gasteiger partial charge in [-0.1, -0.05) is 75.8 Å². The van der Waals surface area contributed by atoms with Crippen LogP contribution in [0.5, 0.6) is 0 Å². The molecule has 2 rings (SSSR count). The number of hydrogen-bond acceptors (Lipinski definition) is 6. The molecular formula is C26H39NO6S. The molecule has 0 saturated heterocycles. The number of unbranched alkanes of at least 4 members (excludes halogenated alkanes) is 5. The average Bonchev–Trinajstić information content (AvgIpc) is 3.07. The van der Waals surface area contributed by atoms with Crippen molar-refractivity contribution in [3.63, 3.8) is 0 Å². The van der Waals surface area contributed by atoms with E-state index in [0.717, 1.165) is 38.5 Å². The first-order valence-corrected chi connectivity index (χ1v) is 13.9. The van der Waals surface area contributed by atoms with E-state index in [1.807, 2.05) is 6.08 Å². The number of sulfonamides is 1. The van der Waals surface area contributed by atoms with Crippen LogP contribution in [0.3, 0.4) is 0 Å². The topological polar surface area (TPSA) is 121 Å². The zero-order valence-corrected chi connectivity index (χ0v) is 20.9. The molecule has 1 saturated carbocycles. The van der Waals surface area contributed by atoms with E-state index in [9.17, 15) is 28.2 Å². The van der Waals surface area contributed by atoms with E-state index in [-0.39, 0.29) is 35.4 Å². The molecule has 190 valence electrons. The van der Waals surface area contributed by atoms with Crippen LogP contribution in [0, 0.1) is 11.8 Å². The van der Waals surface area contributed by atoms with Crippen LogP contribution in [0.4, 0.5) is 0 Å². The maximum atomic E-state index is 12.3. The van der Waals surface area contributed by atoms with Crippen LogP contribution in [0.15, 0.2) is 47.4 Å². The van der Waals surface area contributed by atoms with Gasteiger partial charge in [-0.05, 0) is 31.4 Å². The number of carbonyl (C=O) groups is 2. The lowest BCUT2D eigenvalue weighted by molar-refractivity contribution is -0.121. The molecule has 1 aliphatic carbocycles. The highest BCUT2D eigenvalue weighted by Crippen LogP contribution is 2.34. The molecule has 0 aromatic heterocycles. The third kappa shape index (κ3) is 9.31. The number of carbonyl (C=O) groups excluding carboxylic acids is 2. The van der Waals surface area contributed by atoms with Crippen molar-refractivity contribution in [2.24, 2.45) is 11.8 Å². The first-order valence-electron chi connectivity index (χ1n) is 12.4. The Balaban J connectivity index is 1.69. The molecule has 0 heterocycles. The van der Waals surface area contributed by atoms with Gasteiger partial charge in [-0.2, -0.15) is 0 Å². The molecular weight excluding hydrogens is 454 g/mol. The zero-order chi connectivity index (χ0) is 25.0. The number of aliphatic hydroxyl groups excluding tert-OH is 2. The van der Waals surface area contributed by atoms with E-state index in [1.165, 1.54) is 12.1 Å². The number of rotatable bonds is 15. The van der Waals surface area contributed by atoms with Gasteiger partial charge in [0.25, 0.3) is 10.0 Å². The Labute approximate surface area is 203 Å². The average molecular weight is 494 g/mol. The molecule has 7 nitrogen and oxygen atoms in total. The van der Waals surface area contributed by atoms with Crippen LogP contribution < -0.4 is 4.72 Å². The van der Waals surface area contributed by atoms with Crippen molar-refractivity contribution in [1.82, 2.24) is 4.72 Å². The molecule has 1 unspecified atom stereocenters. The summed E-state index contributed by atoms with van der Waals surface area (Å²) in [5.74, 6) is -0.968. The highest BCUT2D eigenvalue weighted by Gasteiger charge is 2.39. The largest absolute Gasteiger partial charge is 0.392 e. The van der Waals surface area contributed by atoms with Crippen molar-refractivity contribution < 1.29 is 28.2 Å². The standard InChI is InChI=1S/C26H39NO6S/c1-2-3-7-12-20(28)17-18-23-22(24(29)19-25(23)30)15-10-4-5-11-16-26(31)27-34(32,33)21-13-8-6-9-14-21/h6,8-9,13-14,17-18,20,22-23,25,28,30H,2-5,7,10-12,15-16,19H2,1H3,(H,27,31)/b18-17+/t20-,22?,23+,25+/m0/s1. The second-order valence-electron chi connectivity index (χ2n) is 9.16. The van der Waals surface area contributed by atoms with Crippen molar-refractivity contribution in [2.75, 3.05) is 0 Å². The summed E-state index contributed by atoms with van der Waals surface area (Å²) in [4.78, 5) is 24.4. The molecule has 1 aromatic carbocycles. The van der Waals surface area contributed by atoms with E-state index < -0.39 is 28.1 Å². The van der Waals surface area contributed by atoms with E-state index >= 15 is 0 Å².